The first-order valence-corrected chi connectivity index (χ1v) is 9.37. The van der Waals surface area contributed by atoms with Crippen molar-refractivity contribution in [2.45, 2.75) is 6.92 Å². The number of amides is 1. The number of carbonyl (C=O) groups excluding carboxylic acids is 2. The number of hydrogen-bond acceptors (Lipinski definition) is 5. The molecule has 0 saturated heterocycles. The third-order valence-electron chi connectivity index (χ3n) is 4.43. The highest BCUT2D eigenvalue weighted by atomic mass is 16.5. The number of H-pyrrole nitrogens is 1. The minimum Gasteiger partial charge on any atom is -0.493 e. The molecule has 3 aromatic rings. The monoisotopic (exact) mass is 403 g/mol. The van der Waals surface area contributed by atoms with Gasteiger partial charge in [0, 0.05) is 29.2 Å². The molecule has 7 nitrogen and oxygen atoms in total. The van der Waals surface area contributed by atoms with Crippen LogP contribution in [0.3, 0.4) is 0 Å². The largest absolute Gasteiger partial charge is 0.493 e. The van der Waals surface area contributed by atoms with Crippen molar-refractivity contribution in [3.8, 4) is 17.6 Å². The Bertz CT molecular complexity index is 1150. The number of fused-ring (bicyclic) bond motifs is 1. The molecule has 1 aromatic heterocycles. The lowest BCUT2D eigenvalue weighted by molar-refractivity contribution is -0.123. The lowest BCUT2D eigenvalue weighted by atomic mass is 10.0. The van der Waals surface area contributed by atoms with Crippen molar-refractivity contribution >= 4 is 28.7 Å². The van der Waals surface area contributed by atoms with Crippen molar-refractivity contribution in [2.75, 3.05) is 20.3 Å². The van der Waals surface area contributed by atoms with Crippen LogP contribution in [0, 0.1) is 11.3 Å². The first kappa shape index (κ1) is 20.7. The molecule has 152 valence electrons. The summed E-state index contributed by atoms with van der Waals surface area (Å²) in [5.74, 6) is 0.178. The molecule has 3 rings (SSSR count). The van der Waals surface area contributed by atoms with Crippen molar-refractivity contribution in [3.63, 3.8) is 0 Å². The van der Waals surface area contributed by atoms with Gasteiger partial charge in [-0.2, -0.15) is 5.26 Å². The summed E-state index contributed by atoms with van der Waals surface area (Å²) in [6, 6.07) is 14.4. The van der Waals surface area contributed by atoms with Gasteiger partial charge in [0.05, 0.1) is 7.11 Å². The van der Waals surface area contributed by atoms with Crippen LogP contribution in [0.2, 0.25) is 0 Å². The summed E-state index contributed by atoms with van der Waals surface area (Å²) in [5.41, 5.74) is 1.86. The number of allylic oxidation sites excluding steroid dienone is 1. The molecular formula is C23H21N3O4. The van der Waals surface area contributed by atoms with Crippen molar-refractivity contribution in [3.05, 3.63) is 65.4 Å². The van der Waals surface area contributed by atoms with Gasteiger partial charge >= 0.3 is 0 Å². The van der Waals surface area contributed by atoms with Gasteiger partial charge in [0.2, 0.25) is 5.78 Å². The van der Waals surface area contributed by atoms with E-state index < -0.39 is 0 Å². The number of likely N-dealkylation sites (N-methyl/N-ethyl adjacent to an activating group) is 1. The predicted molar refractivity (Wildman–Crippen MR) is 113 cm³/mol. The zero-order chi connectivity index (χ0) is 21.5. The standard InChI is InChI=1S/C23H21N3O4/c1-3-25-22(27)14-30-20-9-8-15(11-21(20)29-2)10-16(12-24)23(28)18-13-26-19-7-5-4-6-17(18)19/h4-11,13,26H,3,14H2,1-2H3,(H,25,27)/b16-10+. The number of benzene rings is 2. The van der Waals surface area contributed by atoms with Gasteiger partial charge in [-0.05, 0) is 36.8 Å². The van der Waals surface area contributed by atoms with Crippen LogP contribution in [0.15, 0.2) is 54.2 Å². The lowest BCUT2D eigenvalue weighted by Gasteiger charge is -2.11. The lowest BCUT2D eigenvalue weighted by Crippen LogP contribution is -2.28. The Balaban J connectivity index is 1.86. The molecule has 0 spiro atoms. The van der Waals surface area contributed by atoms with Crippen LogP contribution < -0.4 is 14.8 Å². The summed E-state index contributed by atoms with van der Waals surface area (Å²) in [6.45, 7) is 2.20. The molecule has 0 aliphatic rings. The second kappa shape index (κ2) is 9.43. The molecule has 2 aromatic carbocycles. The second-order valence-corrected chi connectivity index (χ2v) is 6.40. The molecule has 0 atom stereocenters. The summed E-state index contributed by atoms with van der Waals surface area (Å²) in [7, 11) is 1.48. The van der Waals surface area contributed by atoms with E-state index in [9.17, 15) is 14.9 Å². The van der Waals surface area contributed by atoms with Crippen LogP contribution >= 0.6 is 0 Å². The summed E-state index contributed by atoms with van der Waals surface area (Å²) in [6.07, 6.45) is 3.11. The quantitative estimate of drug-likeness (QED) is 0.340. The number of nitriles is 1. The topological polar surface area (TPSA) is 104 Å². The average Bonchev–Trinajstić information content (AvgIpc) is 3.20. The molecule has 0 aliphatic carbocycles. The number of carbonyl (C=O) groups is 2. The molecule has 1 heterocycles. The molecule has 7 heteroatoms. The van der Waals surface area contributed by atoms with Crippen molar-refractivity contribution in [1.29, 1.82) is 5.26 Å². The molecular weight excluding hydrogens is 382 g/mol. The molecule has 0 unspecified atom stereocenters. The summed E-state index contributed by atoms with van der Waals surface area (Å²) < 4.78 is 10.8. The Kier molecular flexibility index (Phi) is 6.50. The van der Waals surface area contributed by atoms with E-state index >= 15 is 0 Å². The van der Waals surface area contributed by atoms with E-state index in [0.29, 0.717) is 29.2 Å². The third-order valence-corrected chi connectivity index (χ3v) is 4.43. The summed E-state index contributed by atoms with van der Waals surface area (Å²) >= 11 is 0. The van der Waals surface area contributed by atoms with Crippen molar-refractivity contribution < 1.29 is 19.1 Å². The number of aromatic nitrogens is 1. The second-order valence-electron chi connectivity index (χ2n) is 6.40. The van der Waals surface area contributed by atoms with E-state index in [2.05, 4.69) is 10.3 Å². The highest BCUT2D eigenvalue weighted by molar-refractivity contribution is 6.19. The summed E-state index contributed by atoms with van der Waals surface area (Å²) in [4.78, 5) is 27.5. The molecule has 0 bridgehead atoms. The number of nitrogens with zero attached hydrogens (tertiary/aromatic N) is 1. The number of para-hydroxylation sites is 1. The Hall–Kier alpha value is -4.05. The number of nitrogens with one attached hydrogen (secondary N) is 2. The number of hydrogen-bond donors (Lipinski definition) is 2. The fourth-order valence-electron chi connectivity index (χ4n) is 3.00. The minimum absolute atomic E-state index is 0.00204. The fraction of sp³-hybridized carbons (Fsp3) is 0.174. The number of methoxy groups -OCH3 is 1. The Morgan fingerprint density at radius 1 is 1.20 bits per heavy atom. The number of ketones is 1. The molecule has 0 saturated carbocycles. The van der Waals surface area contributed by atoms with E-state index in [1.165, 1.54) is 13.2 Å². The van der Waals surface area contributed by atoms with Crippen LogP contribution in [0.1, 0.15) is 22.8 Å². The van der Waals surface area contributed by atoms with Crippen LogP contribution in [0.4, 0.5) is 0 Å². The van der Waals surface area contributed by atoms with Crippen LogP contribution in [-0.2, 0) is 4.79 Å². The van der Waals surface area contributed by atoms with E-state index in [-0.39, 0.29) is 23.9 Å². The minimum atomic E-state index is -0.370. The maximum absolute atomic E-state index is 12.9. The molecule has 1 amide bonds. The van der Waals surface area contributed by atoms with Gasteiger partial charge < -0.3 is 19.8 Å². The number of ether oxygens (including phenoxy) is 2. The molecule has 0 radical (unpaired) electrons. The van der Waals surface area contributed by atoms with Gasteiger partial charge in [-0.15, -0.1) is 0 Å². The van der Waals surface area contributed by atoms with E-state index in [1.807, 2.05) is 37.3 Å². The van der Waals surface area contributed by atoms with Gasteiger partial charge in [-0.25, -0.2) is 0 Å². The smallest absolute Gasteiger partial charge is 0.257 e. The Morgan fingerprint density at radius 2 is 2.00 bits per heavy atom. The summed E-state index contributed by atoms with van der Waals surface area (Å²) in [5, 5.41) is 13.0. The van der Waals surface area contributed by atoms with E-state index in [1.54, 1.807) is 24.4 Å². The van der Waals surface area contributed by atoms with Crippen molar-refractivity contribution in [2.24, 2.45) is 0 Å². The fourth-order valence-corrected chi connectivity index (χ4v) is 3.00. The normalized spacial score (nSPS) is 11.0. The SMILES string of the molecule is CCNC(=O)COc1ccc(/C=C(\C#N)C(=O)c2c[nH]c3ccccc23)cc1OC. The maximum atomic E-state index is 12.9. The van der Waals surface area contributed by atoms with E-state index in [0.717, 1.165) is 10.9 Å². The third kappa shape index (κ3) is 4.50. The first-order chi connectivity index (χ1) is 14.6. The van der Waals surface area contributed by atoms with Gasteiger partial charge in [-0.1, -0.05) is 24.3 Å². The average molecular weight is 403 g/mol. The molecule has 0 fully saturated rings. The first-order valence-electron chi connectivity index (χ1n) is 9.37. The Morgan fingerprint density at radius 3 is 2.73 bits per heavy atom. The van der Waals surface area contributed by atoms with Gasteiger partial charge in [0.15, 0.2) is 18.1 Å². The van der Waals surface area contributed by atoms with E-state index in [4.69, 9.17) is 9.47 Å². The van der Waals surface area contributed by atoms with Crippen LogP contribution in [-0.4, -0.2) is 36.9 Å². The zero-order valence-electron chi connectivity index (χ0n) is 16.7. The van der Waals surface area contributed by atoms with Crippen LogP contribution in [0.25, 0.3) is 17.0 Å². The van der Waals surface area contributed by atoms with Crippen LogP contribution in [0.5, 0.6) is 11.5 Å². The zero-order valence-corrected chi connectivity index (χ0v) is 16.7. The highest BCUT2D eigenvalue weighted by Crippen LogP contribution is 2.29. The number of rotatable bonds is 8. The van der Waals surface area contributed by atoms with Gasteiger partial charge in [-0.3, -0.25) is 9.59 Å². The number of Topliss-reactive ketones (excluding diaryl/α,β-unsaturated/α-hetero) is 1. The molecule has 30 heavy (non-hydrogen) atoms. The maximum Gasteiger partial charge on any atom is 0.257 e. The van der Waals surface area contributed by atoms with Gasteiger partial charge in [0.1, 0.15) is 11.6 Å². The molecule has 2 N–H and O–H groups in total. The Labute approximate surface area is 173 Å². The van der Waals surface area contributed by atoms with Gasteiger partial charge in [0.25, 0.3) is 5.91 Å². The predicted octanol–water partition coefficient (Wildman–Crippen LogP) is 3.48. The highest BCUT2D eigenvalue weighted by Gasteiger charge is 2.17. The molecule has 0 aliphatic heterocycles. The van der Waals surface area contributed by atoms with Crippen molar-refractivity contribution in [1.82, 2.24) is 10.3 Å². The number of aromatic amines is 1.